The monoisotopic (exact) mass is 336 g/mol. The molecule has 0 saturated carbocycles. The van der Waals surface area contributed by atoms with Crippen LogP contribution in [0.15, 0.2) is 30.6 Å². The van der Waals surface area contributed by atoms with Crippen molar-refractivity contribution >= 4 is 16.9 Å². The van der Waals surface area contributed by atoms with Crippen molar-refractivity contribution in [3.63, 3.8) is 0 Å². The van der Waals surface area contributed by atoms with Crippen LogP contribution >= 0.6 is 0 Å². The average molecular weight is 336 g/mol. The van der Waals surface area contributed by atoms with Crippen LogP contribution in [0.5, 0.6) is 0 Å². The molecule has 1 aromatic carbocycles. The quantitative estimate of drug-likeness (QED) is 0.767. The molecule has 0 radical (unpaired) electrons. The van der Waals surface area contributed by atoms with Crippen molar-refractivity contribution in [1.29, 1.82) is 0 Å². The Balaban J connectivity index is 1.50. The van der Waals surface area contributed by atoms with Gasteiger partial charge in [-0.25, -0.2) is 9.97 Å². The second kappa shape index (κ2) is 6.80. The predicted octanol–water partition coefficient (Wildman–Crippen LogP) is 2.76. The van der Waals surface area contributed by atoms with E-state index in [1.54, 1.807) is 0 Å². The van der Waals surface area contributed by atoms with E-state index in [9.17, 15) is 0 Å². The Morgan fingerprint density at radius 3 is 2.76 bits per heavy atom. The average Bonchev–Trinajstić information content (AvgIpc) is 3.02. The number of anilines is 1. The minimum Gasteiger partial charge on any atom is -0.358 e. The number of fused-ring (bicyclic) bond motifs is 1. The SMILES string of the molecule is Cc1nc2ccc(-c3cnc(N(C)CC4CCNCC4)cn3)cc2[nH]1. The summed E-state index contributed by atoms with van der Waals surface area (Å²) in [4.78, 5) is 19.2. The minimum absolute atomic E-state index is 0.735. The third-order valence-corrected chi connectivity index (χ3v) is 4.92. The Morgan fingerprint density at radius 1 is 1.16 bits per heavy atom. The zero-order chi connectivity index (χ0) is 17.2. The Labute approximate surface area is 147 Å². The molecule has 0 aliphatic carbocycles. The van der Waals surface area contributed by atoms with Gasteiger partial charge in [0, 0.05) is 19.2 Å². The fraction of sp³-hybridized carbons (Fsp3) is 0.421. The highest BCUT2D eigenvalue weighted by Crippen LogP contribution is 2.23. The highest BCUT2D eigenvalue weighted by Gasteiger charge is 2.16. The zero-order valence-corrected chi connectivity index (χ0v) is 14.8. The number of hydrogen-bond donors (Lipinski definition) is 2. The van der Waals surface area contributed by atoms with Crippen molar-refractivity contribution in [2.45, 2.75) is 19.8 Å². The molecular weight excluding hydrogens is 312 g/mol. The number of H-pyrrole nitrogens is 1. The number of aromatic amines is 1. The predicted molar refractivity (Wildman–Crippen MR) is 101 cm³/mol. The van der Waals surface area contributed by atoms with Crippen LogP contribution in [0.2, 0.25) is 0 Å². The molecule has 0 amide bonds. The van der Waals surface area contributed by atoms with Crippen LogP contribution < -0.4 is 10.2 Å². The third kappa shape index (κ3) is 3.49. The summed E-state index contributed by atoms with van der Waals surface area (Å²) in [5.41, 5.74) is 3.95. The summed E-state index contributed by atoms with van der Waals surface area (Å²) in [5, 5.41) is 3.41. The number of benzene rings is 1. The second-order valence-electron chi connectivity index (χ2n) is 6.89. The van der Waals surface area contributed by atoms with Crippen molar-refractivity contribution < 1.29 is 0 Å². The molecule has 0 unspecified atom stereocenters. The van der Waals surface area contributed by atoms with Gasteiger partial charge in [-0.1, -0.05) is 6.07 Å². The van der Waals surface area contributed by atoms with Crippen molar-refractivity contribution in [2.24, 2.45) is 5.92 Å². The molecule has 0 atom stereocenters. The Hall–Kier alpha value is -2.47. The van der Waals surface area contributed by atoms with Crippen LogP contribution in [-0.2, 0) is 0 Å². The van der Waals surface area contributed by atoms with Crippen LogP contribution in [0.4, 0.5) is 5.82 Å². The number of nitrogens with one attached hydrogen (secondary N) is 2. The highest BCUT2D eigenvalue weighted by molar-refractivity contribution is 5.81. The summed E-state index contributed by atoms with van der Waals surface area (Å²) in [5.74, 6) is 2.59. The molecule has 6 heteroatoms. The Kier molecular flexibility index (Phi) is 4.36. The Bertz CT molecular complexity index is 848. The maximum atomic E-state index is 4.63. The first kappa shape index (κ1) is 16.0. The fourth-order valence-electron chi connectivity index (χ4n) is 3.51. The molecule has 1 fully saturated rings. The van der Waals surface area contributed by atoms with Crippen LogP contribution in [0, 0.1) is 12.8 Å². The normalized spacial score (nSPS) is 15.6. The van der Waals surface area contributed by atoms with Gasteiger partial charge < -0.3 is 15.2 Å². The topological polar surface area (TPSA) is 69.7 Å². The fourth-order valence-corrected chi connectivity index (χ4v) is 3.51. The standard InChI is InChI=1S/C19H24N6/c1-13-23-16-4-3-15(9-17(16)24-13)18-10-22-19(11-21-18)25(2)12-14-5-7-20-8-6-14/h3-4,9-11,14,20H,5-8,12H2,1-2H3,(H,23,24). The molecule has 2 aromatic heterocycles. The van der Waals surface area contributed by atoms with Crippen molar-refractivity contribution in [1.82, 2.24) is 25.3 Å². The first-order chi connectivity index (χ1) is 12.2. The van der Waals surface area contributed by atoms with Gasteiger partial charge in [0.05, 0.1) is 29.1 Å². The van der Waals surface area contributed by atoms with E-state index >= 15 is 0 Å². The van der Waals surface area contributed by atoms with E-state index in [0.717, 1.165) is 59.5 Å². The van der Waals surface area contributed by atoms with E-state index < -0.39 is 0 Å². The summed E-state index contributed by atoms with van der Waals surface area (Å²) in [6.07, 6.45) is 6.20. The molecular formula is C19H24N6. The summed E-state index contributed by atoms with van der Waals surface area (Å²) >= 11 is 0. The van der Waals surface area contributed by atoms with E-state index in [2.05, 4.69) is 43.3 Å². The number of piperidine rings is 1. The van der Waals surface area contributed by atoms with E-state index in [4.69, 9.17) is 0 Å². The summed E-state index contributed by atoms with van der Waals surface area (Å²) in [7, 11) is 2.10. The van der Waals surface area contributed by atoms with Gasteiger partial charge in [0.2, 0.25) is 0 Å². The lowest BCUT2D eigenvalue weighted by atomic mass is 9.98. The molecule has 6 nitrogen and oxygen atoms in total. The molecule has 2 N–H and O–H groups in total. The molecule has 4 rings (SSSR count). The lowest BCUT2D eigenvalue weighted by Gasteiger charge is -2.28. The van der Waals surface area contributed by atoms with E-state index in [0.29, 0.717) is 0 Å². The second-order valence-corrected chi connectivity index (χ2v) is 6.89. The molecule has 0 spiro atoms. The van der Waals surface area contributed by atoms with Crippen LogP contribution in [0.25, 0.3) is 22.3 Å². The molecule has 0 bridgehead atoms. The number of aromatic nitrogens is 4. The number of nitrogens with zero attached hydrogens (tertiary/aromatic N) is 4. The van der Waals surface area contributed by atoms with Gasteiger partial charge in [-0.3, -0.25) is 4.98 Å². The third-order valence-electron chi connectivity index (χ3n) is 4.92. The first-order valence-electron chi connectivity index (χ1n) is 8.90. The van der Waals surface area contributed by atoms with Crippen LogP contribution in [0.1, 0.15) is 18.7 Å². The lowest BCUT2D eigenvalue weighted by Crippen LogP contribution is -2.34. The van der Waals surface area contributed by atoms with Gasteiger partial charge >= 0.3 is 0 Å². The number of hydrogen-bond acceptors (Lipinski definition) is 5. The molecule has 1 aliphatic heterocycles. The van der Waals surface area contributed by atoms with Gasteiger partial charge in [0.25, 0.3) is 0 Å². The molecule has 1 aliphatic rings. The maximum absolute atomic E-state index is 4.63. The maximum Gasteiger partial charge on any atom is 0.146 e. The lowest BCUT2D eigenvalue weighted by molar-refractivity contribution is 0.377. The van der Waals surface area contributed by atoms with E-state index in [1.165, 1.54) is 12.8 Å². The smallest absolute Gasteiger partial charge is 0.146 e. The van der Waals surface area contributed by atoms with Gasteiger partial charge in [-0.15, -0.1) is 0 Å². The summed E-state index contributed by atoms with van der Waals surface area (Å²) in [6.45, 7) is 5.25. The Morgan fingerprint density at radius 2 is 2.00 bits per heavy atom. The molecule has 130 valence electrons. The van der Waals surface area contributed by atoms with Crippen LogP contribution in [0.3, 0.4) is 0 Å². The number of imidazole rings is 1. The first-order valence-corrected chi connectivity index (χ1v) is 8.90. The summed E-state index contributed by atoms with van der Waals surface area (Å²) in [6, 6.07) is 6.15. The van der Waals surface area contributed by atoms with Gasteiger partial charge in [0.15, 0.2) is 0 Å². The number of rotatable bonds is 4. The zero-order valence-electron chi connectivity index (χ0n) is 14.8. The van der Waals surface area contributed by atoms with Crippen LogP contribution in [-0.4, -0.2) is 46.6 Å². The van der Waals surface area contributed by atoms with Gasteiger partial charge in [-0.2, -0.15) is 0 Å². The molecule has 1 saturated heterocycles. The van der Waals surface area contributed by atoms with Crippen molar-refractivity contribution in [3.05, 3.63) is 36.4 Å². The van der Waals surface area contributed by atoms with Gasteiger partial charge in [0.1, 0.15) is 11.6 Å². The van der Waals surface area contributed by atoms with Crippen molar-refractivity contribution in [2.75, 3.05) is 31.6 Å². The minimum atomic E-state index is 0.735. The molecule has 3 aromatic rings. The van der Waals surface area contributed by atoms with E-state index in [1.807, 2.05) is 31.5 Å². The molecule has 3 heterocycles. The van der Waals surface area contributed by atoms with Crippen molar-refractivity contribution in [3.8, 4) is 11.3 Å². The van der Waals surface area contributed by atoms with Gasteiger partial charge in [-0.05, 0) is 50.9 Å². The molecule has 25 heavy (non-hydrogen) atoms. The van der Waals surface area contributed by atoms with E-state index in [-0.39, 0.29) is 0 Å². The number of aryl methyl sites for hydroxylation is 1. The summed E-state index contributed by atoms with van der Waals surface area (Å²) < 4.78 is 0. The highest BCUT2D eigenvalue weighted by atomic mass is 15.2. The largest absolute Gasteiger partial charge is 0.358 e.